The van der Waals surface area contributed by atoms with Gasteiger partial charge in [0.2, 0.25) is 0 Å². The minimum Gasteiger partial charge on any atom is -0.373 e. The van der Waals surface area contributed by atoms with Crippen molar-refractivity contribution in [3.63, 3.8) is 0 Å². The Kier molecular flexibility index (Phi) is 3.38. The maximum Gasteiger partial charge on any atom is 0.419 e. The fraction of sp³-hybridized carbons (Fsp3) is 0.417. The van der Waals surface area contributed by atoms with Gasteiger partial charge in [-0.05, 0) is 17.7 Å². The molecule has 0 radical (unpaired) electrons. The third-order valence-electron chi connectivity index (χ3n) is 2.78. The first-order chi connectivity index (χ1) is 8.38. The highest BCUT2D eigenvalue weighted by Crippen LogP contribution is 2.35. The van der Waals surface area contributed by atoms with Gasteiger partial charge in [0.15, 0.2) is 0 Å². The molecular weight excluding hydrogens is 252 g/mol. The summed E-state index contributed by atoms with van der Waals surface area (Å²) in [6.45, 7) is 0.183. The quantitative estimate of drug-likeness (QED) is 0.726. The second-order valence-electron chi connectivity index (χ2n) is 4.09. The van der Waals surface area contributed by atoms with Crippen LogP contribution in [0, 0.1) is 5.82 Å². The monoisotopic (exact) mass is 262 g/mol. The molecule has 1 aromatic carbocycles. The van der Waals surface area contributed by atoms with Crippen LogP contribution in [-0.4, -0.2) is 12.4 Å². The van der Waals surface area contributed by atoms with Gasteiger partial charge in [0.1, 0.15) is 11.6 Å². The van der Waals surface area contributed by atoms with Gasteiger partial charge in [-0.2, -0.15) is 13.2 Å². The highest BCUT2D eigenvalue weighted by atomic mass is 19.4. The molecule has 0 aromatic heterocycles. The number of ether oxygens (including phenoxy) is 1. The highest BCUT2D eigenvalue weighted by molar-refractivity contribution is 5.79. The summed E-state index contributed by atoms with van der Waals surface area (Å²) in [7, 11) is 0. The second kappa shape index (κ2) is 4.68. The van der Waals surface area contributed by atoms with Crippen molar-refractivity contribution in [1.82, 2.24) is 0 Å². The van der Waals surface area contributed by atoms with Crippen molar-refractivity contribution in [2.24, 2.45) is 0 Å². The zero-order valence-corrected chi connectivity index (χ0v) is 9.26. The van der Waals surface area contributed by atoms with Crippen molar-refractivity contribution in [3.05, 3.63) is 35.1 Å². The number of benzene rings is 1. The lowest BCUT2D eigenvalue weighted by Crippen LogP contribution is -2.20. The summed E-state index contributed by atoms with van der Waals surface area (Å²) in [4.78, 5) is 11.2. The Balaban J connectivity index is 2.32. The zero-order valence-electron chi connectivity index (χ0n) is 9.26. The van der Waals surface area contributed by atoms with Crippen LogP contribution in [0.3, 0.4) is 0 Å². The van der Waals surface area contributed by atoms with Gasteiger partial charge in [0.05, 0.1) is 18.3 Å². The number of carbonyl (C=O) groups excluding carboxylic acids is 1. The lowest BCUT2D eigenvalue weighted by atomic mass is 9.98. The van der Waals surface area contributed by atoms with Crippen molar-refractivity contribution in [2.45, 2.75) is 25.1 Å². The minimum atomic E-state index is -4.75. The van der Waals surface area contributed by atoms with E-state index in [9.17, 15) is 22.4 Å². The van der Waals surface area contributed by atoms with Crippen LogP contribution in [0.15, 0.2) is 18.2 Å². The normalized spacial score (nSPS) is 21.1. The van der Waals surface area contributed by atoms with Crippen LogP contribution in [-0.2, 0) is 15.7 Å². The molecule has 18 heavy (non-hydrogen) atoms. The molecule has 1 unspecified atom stereocenters. The summed E-state index contributed by atoms with van der Waals surface area (Å²) < 4.78 is 55.9. The van der Waals surface area contributed by atoms with E-state index in [-0.39, 0.29) is 30.8 Å². The van der Waals surface area contributed by atoms with Gasteiger partial charge in [0, 0.05) is 12.8 Å². The molecule has 0 N–H and O–H groups in total. The van der Waals surface area contributed by atoms with Crippen molar-refractivity contribution in [3.8, 4) is 0 Å². The van der Waals surface area contributed by atoms with E-state index in [1.165, 1.54) is 6.07 Å². The smallest absolute Gasteiger partial charge is 0.373 e. The number of alkyl halides is 3. The lowest BCUT2D eigenvalue weighted by molar-refractivity contribution is -0.140. The fourth-order valence-corrected chi connectivity index (χ4v) is 1.86. The number of ketones is 1. The summed E-state index contributed by atoms with van der Waals surface area (Å²) in [5.74, 6) is -1.39. The summed E-state index contributed by atoms with van der Waals surface area (Å²) in [5, 5.41) is 0. The van der Waals surface area contributed by atoms with E-state index in [0.717, 1.165) is 6.07 Å². The number of halogens is 4. The Morgan fingerprint density at radius 2 is 2.00 bits per heavy atom. The van der Waals surface area contributed by atoms with Gasteiger partial charge in [-0.15, -0.1) is 0 Å². The number of hydrogen-bond acceptors (Lipinski definition) is 2. The summed E-state index contributed by atoms with van der Waals surface area (Å²) in [6.07, 6.45) is -5.17. The topological polar surface area (TPSA) is 26.3 Å². The molecule has 1 saturated heterocycles. The number of rotatable bonds is 1. The van der Waals surface area contributed by atoms with E-state index in [1.54, 1.807) is 0 Å². The average molecular weight is 262 g/mol. The molecule has 1 heterocycles. The van der Waals surface area contributed by atoms with Crippen LogP contribution in [0.2, 0.25) is 0 Å². The SMILES string of the molecule is O=C1CCOC(c2ccc(F)c(C(F)(F)F)c2)C1. The molecule has 1 aromatic rings. The van der Waals surface area contributed by atoms with Crippen LogP contribution in [0.4, 0.5) is 17.6 Å². The van der Waals surface area contributed by atoms with Gasteiger partial charge >= 0.3 is 6.18 Å². The molecule has 98 valence electrons. The number of Topliss-reactive ketones (excluding diaryl/α,β-unsaturated/α-hetero) is 1. The fourth-order valence-electron chi connectivity index (χ4n) is 1.86. The Hall–Kier alpha value is -1.43. The molecule has 0 bridgehead atoms. The van der Waals surface area contributed by atoms with Gasteiger partial charge in [-0.25, -0.2) is 4.39 Å². The van der Waals surface area contributed by atoms with Crippen molar-refractivity contribution < 1.29 is 27.1 Å². The largest absolute Gasteiger partial charge is 0.419 e. The molecule has 2 nitrogen and oxygen atoms in total. The van der Waals surface area contributed by atoms with Crippen LogP contribution in [0.1, 0.15) is 30.1 Å². The molecule has 1 aliphatic heterocycles. The first kappa shape index (κ1) is 13.0. The summed E-state index contributed by atoms with van der Waals surface area (Å²) in [5.41, 5.74) is -1.15. The lowest BCUT2D eigenvalue weighted by Gasteiger charge is -2.23. The third kappa shape index (κ3) is 2.69. The van der Waals surface area contributed by atoms with E-state index in [4.69, 9.17) is 4.74 Å². The van der Waals surface area contributed by atoms with Gasteiger partial charge < -0.3 is 4.74 Å². The van der Waals surface area contributed by atoms with Gasteiger partial charge in [-0.1, -0.05) is 6.07 Å². The molecule has 6 heteroatoms. The number of hydrogen-bond donors (Lipinski definition) is 0. The molecule has 1 atom stereocenters. The first-order valence-electron chi connectivity index (χ1n) is 5.38. The van der Waals surface area contributed by atoms with Crippen molar-refractivity contribution in [1.29, 1.82) is 0 Å². The van der Waals surface area contributed by atoms with E-state index < -0.39 is 23.7 Å². The zero-order chi connectivity index (χ0) is 13.3. The first-order valence-corrected chi connectivity index (χ1v) is 5.38. The molecule has 0 saturated carbocycles. The van der Waals surface area contributed by atoms with Gasteiger partial charge in [0.25, 0.3) is 0 Å². The second-order valence-corrected chi connectivity index (χ2v) is 4.09. The van der Waals surface area contributed by atoms with E-state index in [1.807, 2.05) is 0 Å². The summed E-state index contributed by atoms with van der Waals surface area (Å²) in [6, 6.07) is 2.67. The molecule has 0 amide bonds. The van der Waals surface area contributed by atoms with E-state index >= 15 is 0 Å². The highest BCUT2D eigenvalue weighted by Gasteiger charge is 2.35. The maximum atomic E-state index is 13.1. The predicted octanol–water partition coefficient (Wildman–Crippen LogP) is 3.27. The Bertz CT molecular complexity index is 468. The Labute approximate surface area is 101 Å². The van der Waals surface area contributed by atoms with E-state index in [2.05, 4.69) is 0 Å². The van der Waals surface area contributed by atoms with Crippen LogP contribution in [0.25, 0.3) is 0 Å². The molecule has 0 spiro atoms. The Morgan fingerprint density at radius 3 is 2.61 bits per heavy atom. The third-order valence-corrected chi connectivity index (χ3v) is 2.78. The van der Waals surface area contributed by atoms with Crippen molar-refractivity contribution in [2.75, 3.05) is 6.61 Å². The standard InChI is InChI=1S/C12H10F4O2/c13-10-2-1-7(5-9(10)12(14,15)16)11-6-8(17)3-4-18-11/h1-2,5,11H,3-4,6H2. The molecule has 2 rings (SSSR count). The molecule has 1 fully saturated rings. The molecule has 0 aliphatic carbocycles. The van der Waals surface area contributed by atoms with Crippen LogP contribution >= 0.6 is 0 Å². The number of carbonyl (C=O) groups is 1. The van der Waals surface area contributed by atoms with E-state index in [0.29, 0.717) is 6.07 Å². The van der Waals surface area contributed by atoms with Gasteiger partial charge in [-0.3, -0.25) is 4.79 Å². The average Bonchev–Trinajstić information content (AvgIpc) is 2.28. The molecule has 1 aliphatic rings. The van der Waals surface area contributed by atoms with Crippen LogP contribution < -0.4 is 0 Å². The maximum absolute atomic E-state index is 13.1. The minimum absolute atomic E-state index is 0.0307. The summed E-state index contributed by atoms with van der Waals surface area (Å²) >= 11 is 0. The molecular formula is C12H10F4O2. The van der Waals surface area contributed by atoms with Crippen molar-refractivity contribution >= 4 is 5.78 Å². The predicted molar refractivity (Wildman–Crippen MR) is 54.3 cm³/mol. The van der Waals surface area contributed by atoms with Crippen LogP contribution in [0.5, 0.6) is 0 Å². The Morgan fingerprint density at radius 1 is 1.28 bits per heavy atom.